The van der Waals surface area contributed by atoms with Crippen LogP contribution in [-0.2, 0) is 17.6 Å². The fourth-order valence-electron chi connectivity index (χ4n) is 1.49. The molecule has 1 aromatic rings. The van der Waals surface area contributed by atoms with E-state index >= 15 is 0 Å². The van der Waals surface area contributed by atoms with Crippen molar-refractivity contribution in [3.63, 3.8) is 0 Å². The fraction of sp³-hybridized carbons (Fsp3) is 0.462. The maximum atomic E-state index is 11.3. The third-order valence-corrected chi connectivity index (χ3v) is 2.68. The molecule has 1 atom stereocenters. The molecule has 0 spiro atoms. The molecule has 0 fully saturated rings. The monoisotopic (exact) mass is 236 g/mol. The molecule has 17 heavy (non-hydrogen) atoms. The maximum Gasteiger partial charge on any atom is 0.239 e. The molecule has 1 unspecified atom stereocenters. The number of nitrogens with two attached hydrogens (primary N) is 1. The summed E-state index contributed by atoms with van der Waals surface area (Å²) in [7, 11) is 0. The van der Waals surface area contributed by atoms with Crippen LogP contribution in [0.1, 0.15) is 18.1 Å². The Kier molecular flexibility index (Phi) is 5.66. The Balaban J connectivity index is 2.33. The van der Waals surface area contributed by atoms with E-state index in [9.17, 15) is 4.79 Å². The summed E-state index contributed by atoms with van der Waals surface area (Å²) in [5.41, 5.74) is 7.86. The van der Waals surface area contributed by atoms with E-state index in [4.69, 9.17) is 10.8 Å². The number of nitrogens with one attached hydrogen (secondary N) is 1. The first-order chi connectivity index (χ1) is 8.17. The van der Waals surface area contributed by atoms with E-state index in [0.29, 0.717) is 6.54 Å². The minimum absolute atomic E-state index is 0.308. The van der Waals surface area contributed by atoms with Gasteiger partial charge >= 0.3 is 0 Å². The second-order valence-corrected chi connectivity index (χ2v) is 4.00. The molecule has 1 rings (SSSR count). The number of amides is 1. The molecule has 0 saturated carbocycles. The summed E-state index contributed by atoms with van der Waals surface area (Å²) >= 11 is 0. The number of aliphatic hydroxyl groups is 1. The van der Waals surface area contributed by atoms with Crippen molar-refractivity contribution < 1.29 is 9.90 Å². The van der Waals surface area contributed by atoms with E-state index in [0.717, 1.165) is 12.8 Å². The summed E-state index contributed by atoms with van der Waals surface area (Å²) < 4.78 is 0. The summed E-state index contributed by atoms with van der Waals surface area (Å²) in [5.74, 6) is -0.308. The average Bonchev–Trinajstić information content (AvgIpc) is 2.38. The molecule has 94 valence electrons. The van der Waals surface area contributed by atoms with Gasteiger partial charge in [0.2, 0.25) is 5.91 Å². The molecule has 0 saturated heterocycles. The Morgan fingerprint density at radius 3 is 2.47 bits per heavy atom. The molecule has 4 heteroatoms. The summed E-state index contributed by atoms with van der Waals surface area (Å²) in [6.45, 7) is 2.33. The van der Waals surface area contributed by atoms with Crippen LogP contribution in [0, 0.1) is 0 Å². The topological polar surface area (TPSA) is 75.4 Å². The zero-order valence-corrected chi connectivity index (χ0v) is 10.1. The zero-order valence-electron chi connectivity index (χ0n) is 10.1. The van der Waals surface area contributed by atoms with Crippen molar-refractivity contribution in [2.45, 2.75) is 25.8 Å². The normalized spacial score (nSPS) is 12.2. The van der Waals surface area contributed by atoms with Gasteiger partial charge in [0.05, 0.1) is 6.61 Å². The SMILES string of the molecule is CCc1ccc(CCNC(=O)C(N)CO)cc1. The first kappa shape index (κ1) is 13.7. The minimum atomic E-state index is -0.822. The fourth-order valence-corrected chi connectivity index (χ4v) is 1.49. The van der Waals surface area contributed by atoms with Gasteiger partial charge in [-0.25, -0.2) is 0 Å². The van der Waals surface area contributed by atoms with Gasteiger partial charge in [0.15, 0.2) is 0 Å². The van der Waals surface area contributed by atoms with Gasteiger partial charge < -0.3 is 16.2 Å². The molecular weight excluding hydrogens is 216 g/mol. The molecule has 4 nitrogen and oxygen atoms in total. The lowest BCUT2D eigenvalue weighted by atomic mass is 10.1. The molecule has 0 aliphatic carbocycles. The number of rotatable bonds is 6. The smallest absolute Gasteiger partial charge is 0.239 e. The quantitative estimate of drug-likeness (QED) is 0.661. The van der Waals surface area contributed by atoms with Crippen LogP contribution < -0.4 is 11.1 Å². The van der Waals surface area contributed by atoms with Gasteiger partial charge in [-0.3, -0.25) is 4.79 Å². The summed E-state index contributed by atoms with van der Waals surface area (Å²) in [5, 5.41) is 11.4. The number of benzene rings is 1. The second-order valence-electron chi connectivity index (χ2n) is 4.00. The van der Waals surface area contributed by atoms with Crippen molar-refractivity contribution in [3.05, 3.63) is 35.4 Å². The summed E-state index contributed by atoms with van der Waals surface area (Å²) in [6.07, 6.45) is 1.80. The highest BCUT2D eigenvalue weighted by atomic mass is 16.3. The Labute approximate surface area is 102 Å². The van der Waals surface area contributed by atoms with Crippen molar-refractivity contribution >= 4 is 5.91 Å². The van der Waals surface area contributed by atoms with E-state index < -0.39 is 6.04 Å². The molecular formula is C13H20N2O2. The number of hydrogen-bond donors (Lipinski definition) is 3. The molecule has 0 radical (unpaired) electrons. The summed E-state index contributed by atoms with van der Waals surface area (Å²) in [4.78, 5) is 11.3. The van der Waals surface area contributed by atoms with Crippen molar-refractivity contribution in [2.24, 2.45) is 5.73 Å². The van der Waals surface area contributed by atoms with Crippen LogP contribution in [0.15, 0.2) is 24.3 Å². The van der Waals surface area contributed by atoms with Gasteiger partial charge in [0.1, 0.15) is 6.04 Å². The van der Waals surface area contributed by atoms with Crippen LogP contribution in [-0.4, -0.2) is 30.2 Å². The lowest BCUT2D eigenvalue weighted by Gasteiger charge is -2.09. The molecule has 0 bridgehead atoms. The number of aryl methyl sites for hydroxylation is 1. The van der Waals surface area contributed by atoms with Crippen LogP contribution in [0.25, 0.3) is 0 Å². The van der Waals surface area contributed by atoms with E-state index in [-0.39, 0.29) is 12.5 Å². The van der Waals surface area contributed by atoms with Crippen LogP contribution in [0.3, 0.4) is 0 Å². The molecule has 1 amide bonds. The number of carbonyl (C=O) groups excluding carboxylic acids is 1. The first-order valence-electron chi connectivity index (χ1n) is 5.89. The third kappa shape index (κ3) is 4.54. The maximum absolute atomic E-state index is 11.3. The second kappa shape index (κ2) is 7.04. The van der Waals surface area contributed by atoms with Gasteiger partial charge in [-0.1, -0.05) is 31.2 Å². The highest BCUT2D eigenvalue weighted by molar-refractivity contribution is 5.81. The number of carbonyl (C=O) groups is 1. The zero-order chi connectivity index (χ0) is 12.7. The number of hydrogen-bond acceptors (Lipinski definition) is 3. The summed E-state index contributed by atoms with van der Waals surface area (Å²) in [6, 6.07) is 7.50. The molecule has 1 aromatic carbocycles. The van der Waals surface area contributed by atoms with Crippen LogP contribution in [0.2, 0.25) is 0 Å². The third-order valence-electron chi connectivity index (χ3n) is 2.68. The van der Waals surface area contributed by atoms with Gasteiger partial charge in [-0.15, -0.1) is 0 Å². The Morgan fingerprint density at radius 2 is 1.94 bits per heavy atom. The van der Waals surface area contributed by atoms with Gasteiger partial charge in [0.25, 0.3) is 0 Å². The first-order valence-corrected chi connectivity index (χ1v) is 5.89. The van der Waals surface area contributed by atoms with Crippen LogP contribution in [0.5, 0.6) is 0 Å². The van der Waals surface area contributed by atoms with Crippen LogP contribution in [0.4, 0.5) is 0 Å². The predicted octanol–water partition coefficient (Wildman–Crippen LogP) is 0.227. The molecule has 4 N–H and O–H groups in total. The highest BCUT2D eigenvalue weighted by Gasteiger charge is 2.10. The molecule has 0 aliphatic rings. The molecule has 0 aliphatic heterocycles. The average molecular weight is 236 g/mol. The van der Waals surface area contributed by atoms with Gasteiger partial charge in [-0.2, -0.15) is 0 Å². The Morgan fingerprint density at radius 1 is 1.35 bits per heavy atom. The van der Waals surface area contributed by atoms with E-state index in [1.54, 1.807) is 0 Å². The van der Waals surface area contributed by atoms with Crippen LogP contribution >= 0.6 is 0 Å². The van der Waals surface area contributed by atoms with E-state index in [2.05, 4.69) is 36.5 Å². The van der Waals surface area contributed by atoms with Crippen molar-refractivity contribution in [3.8, 4) is 0 Å². The number of aliphatic hydroxyl groups excluding tert-OH is 1. The van der Waals surface area contributed by atoms with Crippen molar-refractivity contribution in [1.29, 1.82) is 0 Å². The predicted molar refractivity (Wildman–Crippen MR) is 67.6 cm³/mol. The lowest BCUT2D eigenvalue weighted by molar-refractivity contribution is -0.123. The van der Waals surface area contributed by atoms with Gasteiger partial charge in [0, 0.05) is 6.54 Å². The van der Waals surface area contributed by atoms with Crippen molar-refractivity contribution in [2.75, 3.05) is 13.2 Å². The van der Waals surface area contributed by atoms with E-state index in [1.807, 2.05) is 0 Å². The standard InChI is InChI=1S/C13H20N2O2/c1-2-10-3-5-11(6-4-10)7-8-15-13(17)12(14)9-16/h3-6,12,16H,2,7-9,14H2,1H3,(H,15,17). The van der Waals surface area contributed by atoms with Gasteiger partial charge in [-0.05, 0) is 24.0 Å². The highest BCUT2D eigenvalue weighted by Crippen LogP contribution is 2.05. The Hall–Kier alpha value is -1.39. The van der Waals surface area contributed by atoms with E-state index in [1.165, 1.54) is 11.1 Å². The largest absolute Gasteiger partial charge is 0.394 e. The van der Waals surface area contributed by atoms with Crippen molar-refractivity contribution in [1.82, 2.24) is 5.32 Å². The molecule has 0 heterocycles. The Bertz CT molecular complexity index is 349. The minimum Gasteiger partial charge on any atom is -0.394 e. The molecule has 0 aromatic heterocycles. The lowest BCUT2D eigenvalue weighted by Crippen LogP contribution is -2.43.